The minimum atomic E-state index is 0.417. The van der Waals surface area contributed by atoms with Crippen molar-refractivity contribution < 1.29 is 5.21 Å². The third kappa shape index (κ3) is 0.850. The monoisotopic (exact) mass is 155 g/mol. The van der Waals surface area contributed by atoms with Gasteiger partial charge in [0.25, 0.3) is 0 Å². The van der Waals surface area contributed by atoms with E-state index in [9.17, 15) is 0 Å². The molecule has 0 spiro atoms. The zero-order chi connectivity index (χ0) is 6.97. The molecule has 1 aliphatic carbocycles. The number of oxime groups is 1. The lowest BCUT2D eigenvalue weighted by atomic mass is 9.96. The van der Waals surface area contributed by atoms with Gasteiger partial charge in [0.2, 0.25) is 0 Å². The Bertz CT molecular complexity index is 200. The predicted octanol–water partition coefficient (Wildman–Crippen LogP) is 1.86. The Hall–Kier alpha value is -0.440. The Morgan fingerprint density at radius 1 is 1.50 bits per heavy atom. The van der Waals surface area contributed by atoms with E-state index in [1.54, 1.807) is 11.8 Å². The summed E-state index contributed by atoms with van der Waals surface area (Å²) in [5.41, 5.74) is 0. The van der Waals surface area contributed by atoms with Gasteiger partial charge in [-0.05, 0) is 12.8 Å². The highest BCUT2D eigenvalue weighted by Crippen LogP contribution is 2.37. The van der Waals surface area contributed by atoms with E-state index in [2.05, 4.69) is 17.3 Å². The van der Waals surface area contributed by atoms with Crippen LogP contribution < -0.4 is 0 Å². The van der Waals surface area contributed by atoms with Gasteiger partial charge in [-0.2, -0.15) is 0 Å². The number of thioether (sulfide) groups is 1. The lowest BCUT2D eigenvalue weighted by Crippen LogP contribution is -2.25. The van der Waals surface area contributed by atoms with Gasteiger partial charge in [-0.3, -0.25) is 0 Å². The van der Waals surface area contributed by atoms with Crippen LogP contribution in [0, 0.1) is 5.92 Å². The first-order valence-electron chi connectivity index (χ1n) is 3.47. The molecule has 2 aliphatic heterocycles. The molecule has 3 aliphatic rings. The van der Waals surface area contributed by atoms with Crippen LogP contribution >= 0.6 is 11.8 Å². The maximum Gasteiger partial charge on any atom is 0.120 e. The summed E-state index contributed by atoms with van der Waals surface area (Å²) in [4.78, 5) is 0. The second kappa shape index (κ2) is 2.31. The molecule has 3 rings (SSSR count). The van der Waals surface area contributed by atoms with Crippen LogP contribution in [0.2, 0.25) is 0 Å². The molecule has 10 heavy (non-hydrogen) atoms. The molecule has 0 radical (unpaired) electrons. The number of fused-ring (bicyclic) bond motifs is 2. The summed E-state index contributed by atoms with van der Waals surface area (Å²) in [5.74, 6) is 0.417. The SMILES string of the molecule is ON=C1SC2C=CC1CC2. The second-order valence-corrected chi connectivity index (χ2v) is 3.92. The van der Waals surface area contributed by atoms with Crippen molar-refractivity contribution in [3.63, 3.8) is 0 Å². The quantitative estimate of drug-likeness (QED) is 0.329. The van der Waals surface area contributed by atoms with Crippen molar-refractivity contribution in [2.24, 2.45) is 11.1 Å². The summed E-state index contributed by atoms with van der Waals surface area (Å²) >= 11 is 1.69. The molecule has 0 aromatic rings. The van der Waals surface area contributed by atoms with Crippen LogP contribution in [-0.2, 0) is 0 Å². The maximum atomic E-state index is 8.55. The fourth-order valence-electron chi connectivity index (χ4n) is 1.44. The number of hydrogen-bond donors (Lipinski definition) is 1. The average Bonchev–Trinajstić information content (AvgIpc) is 2.06. The molecule has 0 aromatic heterocycles. The molecule has 2 atom stereocenters. The van der Waals surface area contributed by atoms with Gasteiger partial charge in [-0.25, -0.2) is 0 Å². The van der Waals surface area contributed by atoms with Crippen LogP contribution in [0.4, 0.5) is 0 Å². The highest BCUT2D eigenvalue weighted by Gasteiger charge is 2.29. The molecule has 2 nitrogen and oxygen atoms in total. The van der Waals surface area contributed by atoms with E-state index in [0.29, 0.717) is 11.2 Å². The zero-order valence-corrected chi connectivity index (χ0v) is 6.34. The van der Waals surface area contributed by atoms with Crippen molar-refractivity contribution in [1.29, 1.82) is 0 Å². The molecule has 1 N–H and O–H groups in total. The molecule has 0 aromatic carbocycles. The van der Waals surface area contributed by atoms with Crippen LogP contribution in [0.3, 0.4) is 0 Å². The minimum absolute atomic E-state index is 0.417. The molecule has 2 heterocycles. The standard InChI is InChI=1S/C7H9NOS/c9-8-7-5-1-3-6(10-7)4-2-5/h1,3,5-6,9H,2,4H2. The summed E-state index contributed by atoms with van der Waals surface area (Å²) in [6.07, 6.45) is 6.77. The van der Waals surface area contributed by atoms with Crippen molar-refractivity contribution >= 4 is 16.8 Å². The highest BCUT2D eigenvalue weighted by molar-refractivity contribution is 8.14. The molecule has 2 unspecified atom stereocenters. The molecule has 1 saturated heterocycles. The highest BCUT2D eigenvalue weighted by atomic mass is 32.2. The number of nitrogens with zero attached hydrogens (tertiary/aromatic N) is 1. The third-order valence-electron chi connectivity index (χ3n) is 2.01. The first-order valence-corrected chi connectivity index (χ1v) is 4.35. The van der Waals surface area contributed by atoms with E-state index in [0.717, 1.165) is 11.5 Å². The van der Waals surface area contributed by atoms with E-state index in [1.807, 2.05) is 0 Å². The van der Waals surface area contributed by atoms with Crippen LogP contribution in [0.15, 0.2) is 17.3 Å². The Labute approximate surface area is 64.0 Å². The summed E-state index contributed by atoms with van der Waals surface area (Å²) in [6, 6.07) is 0. The molecule has 2 bridgehead atoms. The number of rotatable bonds is 0. The first-order chi connectivity index (χ1) is 4.90. The van der Waals surface area contributed by atoms with Gasteiger partial charge in [0.1, 0.15) is 5.04 Å². The van der Waals surface area contributed by atoms with Gasteiger partial charge in [0, 0.05) is 11.2 Å². The number of allylic oxidation sites excluding steroid dienone is 1. The predicted molar refractivity (Wildman–Crippen MR) is 42.5 cm³/mol. The van der Waals surface area contributed by atoms with E-state index >= 15 is 0 Å². The van der Waals surface area contributed by atoms with Crippen molar-refractivity contribution in [1.82, 2.24) is 0 Å². The summed E-state index contributed by atoms with van der Waals surface area (Å²) in [7, 11) is 0. The van der Waals surface area contributed by atoms with Gasteiger partial charge in [-0.1, -0.05) is 29.1 Å². The summed E-state index contributed by atoms with van der Waals surface area (Å²) in [5, 5.41) is 13.3. The zero-order valence-electron chi connectivity index (χ0n) is 5.53. The maximum absolute atomic E-state index is 8.55. The summed E-state index contributed by atoms with van der Waals surface area (Å²) in [6.45, 7) is 0. The Morgan fingerprint density at radius 2 is 2.40 bits per heavy atom. The van der Waals surface area contributed by atoms with Gasteiger partial charge < -0.3 is 5.21 Å². The van der Waals surface area contributed by atoms with E-state index in [4.69, 9.17) is 5.21 Å². The van der Waals surface area contributed by atoms with Crippen molar-refractivity contribution in [2.45, 2.75) is 18.1 Å². The van der Waals surface area contributed by atoms with Gasteiger partial charge in [0.15, 0.2) is 0 Å². The normalized spacial score (nSPS) is 41.0. The Balaban J connectivity index is 2.27. The van der Waals surface area contributed by atoms with E-state index in [-0.39, 0.29) is 0 Å². The van der Waals surface area contributed by atoms with E-state index < -0.39 is 0 Å². The number of hydrogen-bond acceptors (Lipinski definition) is 3. The molecule has 0 saturated carbocycles. The summed E-state index contributed by atoms with van der Waals surface area (Å²) < 4.78 is 0. The smallest absolute Gasteiger partial charge is 0.120 e. The van der Waals surface area contributed by atoms with Gasteiger partial charge in [0.05, 0.1) is 0 Å². The Morgan fingerprint density at radius 3 is 2.70 bits per heavy atom. The van der Waals surface area contributed by atoms with Crippen LogP contribution in [0.1, 0.15) is 12.8 Å². The Kier molecular flexibility index (Phi) is 1.45. The average molecular weight is 155 g/mol. The lowest BCUT2D eigenvalue weighted by Gasteiger charge is -2.29. The van der Waals surface area contributed by atoms with Crippen LogP contribution in [-0.4, -0.2) is 15.5 Å². The van der Waals surface area contributed by atoms with Gasteiger partial charge >= 0.3 is 0 Å². The molecular weight excluding hydrogens is 146 g/mol. The minimum Gasteiger partial charge on any atom is -0.410 e. The first kappa shape index (κ1) is 6.28. The lowest BCUT2D eigenvalue weighted by molar-refractivity contribution is 0.317. The fraction of sp³-hybridized carbons (Fsp3) is 0.571. The largest absolute Gasteiger partial charge is 0.410 e. The second-order valence-electron chi connectivity index (χ2n) is 2.66. The van der Waals surface area contributed by atoms with Gasteiger partial charge in [-0.15, -0.1) is 0 Å². The van der Waals surface area contributed by atoms with E-state index in [1.165, 1.54) is 6.42 Å². The van der Waals surface area contributed by atoms with Crippen molar-refractivity contribution in [2.75, 3.05) is 0 Å². The molecule has 54 valence electrons. The molecule has 0 amide bonds. The van der Waals surface area contributed by atoms with Crippen molar-refractivity contribution in [3.8, 4) is 0 Å². The topological polar surface area (TPSA) is 32.6 Å². The fourth-order valence-corrected chi connectivity index (χ4v) is 2.59. The van der Waals surface area contributed by atoms with Crippen molar-refractivity contribution in [3.05, 3.63) is 12.2 Å². The van der Waals surface area contributed by atoms with Crippen LogP contribution in [0.5, 0.6) is 0 Å². The molecule has 1 fully saturated rings. The molecule has 3 heteroatoms. The third-order valence-corrected chi connectivity index (χ3v) is 3.33. The van der Waals surface area contributed by atoms with Crippen LogP contribution in [0.25, 0.3) is 0 Å². The molecular formula is C7H9NOS.